The summed E-state index contributed by atoms with van der Waals surface area (Å²) in [5.74, 6) is 2.47. The van der Waals surface area contributed by atoms with Crippen molar-refractivity contribution in [2.75, 3.05) is 46.3 Å². The molecular weight excluding hydrogens is 364 g/mol. The number of aryl methyl sites for hydroxylation is 2. The summed E-state index contributed by atoms with van der Waals surface area (Å²) < 4.78 is 11.3. The summed E-state index contributed by atoms with van der Waals surface area (Å²) in [6.45, 7) is 5.10. The molecule has 29 heavy (non-hydrogen) atoms. The van der Waals surface area contributed by atoms with Crippen LogP contribution in [0.3, 0.4) is 0 Å². The maximum atomic E-state index is 5.70. The van der Waals surface area contributed by atoms with Gasteiger partial charge >= 0.3 is 0 Å². The molecule has 2 aliphatic rings. The van der Waals surface area contributed by atoms with Crippen LogP contribution in [0, 0.1) is 6.92 Å². The van der Waals surface area contributed by atoms with E-state index in [0.717, 1.165) is 43.5 Å². The van der Waals surface area contributed by atoms with Gasteiger partial charge in [-0.1, -0.05) is 6.07 Å². The lowest BCUT2D eigenvalue weighted by molar-refractivity contribution is 0.135. The van der Waals surface area contributed by atoms with Crippen molar-refractivity contribution in [3.8, 4) is 11.5 Å². The molecule has 2 aromatic rings. The van der Waals surface area contributed by atoms with Gasteiger partial charge in [-0.2, -0.15) is 0 Å². The summed E-state index contributed by atoms with van der Waals surface area (Å²) in [6.07, 6.45) is 6.68. The number of piperidine rings is 1. The fourth-order valence-electron chi connectivity index (χ4n) is 5.06. The van der Waals surface area contributed by atoms with Gasteiger partial charge in [0.2, 0.25) is 5.95 Å². The molecule has 1 atom stereocenters. The van der Waals surface area contributed by atoms with Gasteiger partial charge in [-0.05, 0) is 56.3 Å². The Labute approximate surface area is 173 Å². The molecule has 0 bridgehead atoms. The maximum Gasteiger partial charge on any atom is 0.225 e. The molecule has 0 N–H and O–H groups in total. The highest BCUT2D eigenvalue weighted by Crippen LogP contribution is 2.45. The van der Waals surface area contributed by atoms with Crippen molar-refractivity contribution in [2.45, 2.75) is 44.6 Å². The normalized spacial score (nSPS) is 21.3. The van der Waals surface area contributed by atoms with Crippen LogP contribution in [0.5, 0.6) is 11.5 Å². The van der Waals surface area contributed by atoms with E-state index in [-0.39, 0.29) is 5.41 Å². The number of anilines is 1. The summed E-state index contributed by atoms with van der Waals surface area (Å²) in [6, 6.07) is 4.25. The Morgan fingerprint density at radius 2 is 2.00 bits per heavy atom. The summed E-state index contributed by atoms with van der Waals surface area (Å²) in [5, 5.41) is 0. The molecule has 1 fully saturated rings. The second kappa shape index (κ2) is 7.82. The van der Waals surface area contributed by atoms with Crippen molar-refractivity contribution < 1.29 is 9.47 Å². The van der Waals surface area contributed by atoms with E-state index in [1.165, 1.54) is 41.6 Å². The average molecular weight is 397 g/mol. The molecule has 6 nitrogen and oxygen atoms in total. The number of rotatable bonds is 5. The average Bonchev–Trinajstić information content (AvgIpc) is 3.04. The lowest BCUT2D eigenvalue weighted by Gasteiger charge is -2.41. The van der Waals surface area contributed by atoms with Gasteiger partial charge in [0.15, 0.2) is 11.5 Å². The van der Waals surface area contributed by atoms with E-state index in [9.17, 15) is 0 Å². The monoisotopic (exact) mass is 396 g/mol. The number of ether oxygens (including phenoxy) is 2. The second-order valence-electron chi connectivity index (χ2n) is 8.69. The largest absolute Gasteiger partial charge is 0.493 e. The van der Waals surface area contributed by atoms with Crippen LogP contribution in [-0.2, 0) is 18.4 Å². The number of benzene rings is 1. The SMILES string of the molecule is COc1cc(C)cc(CN2CCCC3(CCc4cnc(N(C)C)nc43)C2)c1OC. The van der Waals surface area contributed by atoms with E-state index in [1.807, 2.05) is 31.3 Å². The van der Waals surface area contributed by atoms with Crippen LogP contribution in [0.25, 0.3) is 0 Å². The second-order valence-corrected chi connectivity index (χ2v) is 8.69. The van der Waals surface area contributed by atoms with Crippen molar-refractivity contribution in [1.29, 1.82) is 0 Å². The van der Waals surface area contributed by atoms with Gasteiger partial charge in [0.1, 0.15) is 0 Å². The minimum Gasteiger partial charge on any atom is -0.493 e. The van der Waals surface area contributed by atoms with Crippen molar-refractivity contribution in [3.05, 3.63) is 40.7 Å². The number of hydrogen-bond donors (Lipinski definition) is 0. The fourth-order valence-corrected chi connectivity index (χ4v) is 5.06. The lowest BCUT2D eigenvalue weighted by atomic mass is 9.77. The Kier molecular flexibility index (Phi) is 5.38. The van der Waals surface area contributed by atoms with E-state index in [2.05, 4.69) is 22.9 Å². The summed E-state index contributed by atoms with van der Waals surface area (Å²) >= 11 is 0. The molecule has 1 saturated heterocycles. The van der Waals surface area contributed by atoms with E-state index in [1.54, 1.807) is 14.2 Å². The van der Waals surface area contributed by atoms with Crippen molar-refractivity contribution in [3.63, 3.8) is 0 Å². The first-order valence-corrected chi connectivity index (χ1v) is 10.4. The fraction of sp³-hybridized carbons (Fsp3) is 0.565. The number of methoxy groups -OCH3 is 2. The van der Waals surface area contributed by atoms with Crippen molar-refractivity contribution >= 4 is 5.95 Å². The van der Waals surface area contributed by atoms with Crippen molar-refractivity contribution in [2.24, 2.45) is 0 Å². The van der Waals surface area contributed by atoms with Crippen LogP contribution in [-0.4, -0.2) is 56.3 Å². The first-order valence-electron chi connectivity index (χ1n) is 10.4. The molecule has 1 aliphatic carbocycles. The Morgan fingerprint density at radius 1 is 1.17 bits per heavy atom. The molecule has 4 rings (SSSR count). The zero-order valence-corrected chi connectivity index (χ0v) is 18.3. The highest BCUT2D eigenvalue weighted by molar-refractivity contribution is 5.49. The number of nitrogens with zero attached hydrogens (tertiary/aromatic N) is 4. The zero-order chi connectivity index (χ0) is 20.6. The molecule has 0 amide bonds. The highest BCUT2D eigenvalue weighted by Gasteiger charge is 2.43. The standard InChI is InChI=1S/C23H32N4O2/c1-16-11-18(20(29-5)19(12-16)28-4)14-27-10-6-8-23(15-27)9-7-17-13-24-22(26(2)3)25-21(17)23/h11-13H,6-10,14-15H2,1-5H3. The molecular formula is C23H32N4O2. The number of hydrogen-bond acceptors (Lipinski definition) is 6. The smallest absolute Gasteiger partial charge is 0.225 e. The molecule has 1 aromatic heterocycles. The van der Waals surface area contributed by atoms with Crippen LogP contribution in [0.4, 0.5) is 5.95 Å². The quantitative estimate of drug-likeness (QED) is 0.773. The van der Waals surface area contributed by atoms with Crippen LogP contribution in [0.15, 0.2) is 18.3 Å². The van der Waals surface area contributed by atoms with Crippen LogP contribution < -0.4 is 14.4 Å². The molecule has 0 radical (unpaired) electrons. The molecule has 1 aromatic carbocycles. The Balaban J connectivity index is 1.62. The van der Waals surface area contributed by atoms with Gasteiger partial charge in [-0.3, -0.25) is 4.90 Å². The summed E-state index contributed by atoms with van der Waals surface area (Å²) in [5.41, 5.74) is 5.12. The number of likely N-dealkylation sites (tertiary alicyclic amines) is 1. The first kappa shape index (κ1) is 20.0. The minimum atomic E-state index is 0.141. The predicted octanol–water partition coefficient (Wildman–Crippen LogP) is 3.35. The summed E-state index contributed by atoms with van der Waals surface area (Å²) in [7, 11) is 7.44. The minimum absolute atomic E-state index is 0.141. The topological polar surface area (TPSA) is 50.7 Å². The predicted molar refractivity (Wildman–Crippen MR) is 115 cm³/mol. The summed E-state index contributed by atoms with van der Waals surface area (Å²) in [4.78, 5) is 14.1. The lowest BCUT2D eigenvalue weighted by Crippen LogP contribution is -2.45. The molecule has 156 valence electrons. The van der Waals surface area contributed by atoms with Crippen LogP contribution in [0.1, 0.15) is 41.6 Å². The van der Waals surface area contributed by atoms with E-state index in [4.69, 9.17) is 14.5 Å². The highest BCUT2D eigenvalue weighted by atomic mass is 16.5. The third kappa shape index (κ3) is 3.66. The molecule has 0 saturated carbocycles. The molecule has 1 aliphatic heterocycles. The van der Waals surface area contributed by atoms with Crippen molar-refractivity contribution in [1.82, 2.24) is 14.9 Å². The number of fused-ring (bicyclic) bond motifs is 2. The van der Waals surface area contributed by atoms with E-state index < -0.39 is 0 Å². The van der Waals surface area contributed by atoms with E-state index >= 15 is 0 Å². The van der Waals surface area contributed by atoms with Gasteiger partial charge in [0.05, 0.1) is 19.9 Å². The number of aromatic nitrogens is 2. The van der Waals surface area contributed by atoms with E-state index in [0.29, 0.717) is 0 Å². The van der Waals surface area contributed by atoms with Gasteiger partial charge < -0.3 is 14.4 Å². The molecule has 1 spiro atoms. The molecule has 1 unspecified atom stereocenters. The van der Waals surface area contributed by atoms with Crippen LogP contribution in [0.2, 0.25) is 0 Å². The molecule has 6 heteroatoms. The molecule has 2 heterocycles. The van der Waals surface area contributed by atoms with Gasteiger partial charge in [0.25, 0.3) is 0 Å². The first-order chi connectivity index (χ1) is 14.0. The third-order valence-electron chi connectivity index (χ3n) is 6.38. The maximum absolute atomic E-state index is 5.70. The van der Waals surface area contributed by atoms with Gasteiger partial charge in [-0.15, -0.1) is 0 Å². The zero-order valence-electron chi connectivity index (χ0n) is 18.3. The Hall–Kier alpha value is -2.34. The third-order valence-corrected chi connectivity index (χ3v) is 6.38. The van der Waals surface area contributed by atoms with Gasteiger partial charge in [0, 0.05) is 44.4 Å². The van der Waals surface area contributed by atoms with Crippen LogP contribution >= 0.6 is 0 Å². The Morgan fingerprint density at radius 3 is 2.72 bits per heavy atom. The Bertz CT molecular complexity index is 895. The van der Waals surface area contributed by atoms with Gasteiger partial charge in [-0.25, -0.2) is 9.97 Å².